The Balaban J connectivity index is 1.77. The van der Waals surface area contributed by atoms with E-state index in [0.29, 0.717) is 34.4 Å². The van der Waals surface area contributed by atoms with Crippen molar-refractivity contribution in [3.8, 4) is 0 Å². The standard InChI is InChI=1S/C21H30N6O3/c1-6-7-8-9-10-11-21(4)19(29)27(20(30)23-21)25-18(28)15-12-13(2)22-17-16(15)14(3)24-26(17)5/h12H,6-11H2,1-5H3,(H,23,30)(H,25,28). The summed E-state index contributed by atoms with van der Waals surface area (Å²) in [5.74, 6) is -0.987. The highest BCUT2D eigenvalue weighted by atomic mass is 16.2. The first-order valence-corrected chi connectivity index (χ1v) is 10.5. The second kappa shape index (κ2) is 8.41. The number of aryl methyl sites for hydroxylation is 3. The molecule has 0 aliphatic carbocycles. The van der Waals surface area contributed by atoms with Gasteiger partial charge in [-0.3, -0.25) is 19.7 Å². The molecular weight excluding hydrogens is 384 g/mol. The molecule has 2 aromatic rings. The third-order valence-corrected chi connectivity index (χ3v) is 5.60. The van der Waals surface area contributed by atoms with Crippen LogP contribution in [0.3, 0.4) is 0 Å². The van der Waals surface area contributed by atoms with E-state index in [-0.39, 0.29) is 0 Å². The molecule has 30 heavy (non-hydrogen) atoms. The van der Waals surface area contributed by atoms with Gasteiger partial charge in [0.2, 0.25) is 0 Å². The summed E-state index contributed by atoms with van der Waals surface area (Å²) >= 11 is 0. The van der Waals surface area contributed by atoms with E-state index in [1.54, 1.807) is 38.6 Å². The average molecular weight is 415 g/mol. The smallest absolute Gasteiger partial charge is 0.322 e. The summed E-state index contributed by atoms with van der Waals surface area (Å²) in [6.07, 6.45) is 5.79. The van der Waals surface area contributed by atoms with Crippen LogP contribution in [-0.2, 0) is 11.8 Å². The Kier molecular flexibility index (Phi) is 6.09. The van der Waals surface area contributed by atoms with Gasteiger partial charge in [-0.2, -0.15) is 10.1 Å². The van der Waals surface area contributed by atoms with Crippen molar-refractivity contribution in [3.63, 3.8) is 0 Å². The van der Waals surface area contributed by atoms with Crippen molar-refractivity contribution in [1.29, 1.82) is 0 Å². The molecule has 2 aromatic heterocycles. The normalized spacial score (nSPS) is 18.9. The molecule has 162 valence electrons. The van der Waals surface area contributed by atoms with E-state index in [2.05, 4.69) is 27.7 Å². The van der Waals surface area contributed by atoms with Crippen molar-refractivity contribution in [2.24, 2.45) is 7.05 Å². The number of unbranched alkanes of at least 4 members (excludes halogenated alkanes) is 4. The Morgan fingerprint density at radius 2 is 1.90 bits per heavy atom. The quantitative estimate of drug-likeness (QED) is 0.510. The number of nitrogens with one attached hydrogen (secondary N) is 2. The summed E-state index contributed by atoms with van der Waals surface area (Å²) in [5, 5.41) is 8.46. The number of hydrogen-bond donors (Lipinski definition) is 2. The van der Waals surface area contributed by atoms with Gasteiger partial charge in [-0.1, -0.05) is 39.0 Å². The zero-order valence-corrected chi connectivity index (χ0v) is 18.3. The highest BCUT2D eigenvalue weighted by Crippen LogP contribution is 2.25. The highest BCUT2D eigenvalue weighted by Gasteiger charge is 2.48. The maximum atomic E-state index is 13.0. The molecule has 1 aliphatic rings. The van der Waals surface area contributed by atoms with Gasteiger partial charge in [0.15, 0.2) is 5.65 Å². The first-order valence-electron chi connectivity index (χ1n) is 10.5. The molecule has 3 heterocycles. The van der Waals surface area contributed by atoms with Gasteiger partial charge in [0.25, 0.3) is 11.8 Å². The van der Waals surface area contributed by atoms with Crippen LogP contribution in [0.4, 0.5) is 4.79 Å². The van der Waals surface area contributed by atoms with Crippen LogP contribution < -0.4 is 10.7 Å². The molecule has 0 bridgehead atoms. The summed E-state index contributed by atoms with van der Waals surface area (Å²) in [7, 11) is 1.76. The number of amides is 4. The maximum Gasteiger partial charge on any atom is 0.344 e. The van der Waals surface area contributed by atoms with Crippen molar-refractivity contribution in [2.45, 2.75) is 71.8 Å². The van der Waals surface area contributed by atoms with Crippen LogP contribution in [0, 0.1) is 13.8 Å². The summed E-state index contributed by atoms with van der Waals surface area (Å²) in [4.78, 5) is 42.8. The molecular formula is C21H30N6O3. The number of carbonyl (C=O) groups excluding carboxylic acids is 3. The highest BCUT2D eigenvalue weighted by molar-refractivity contribution is 6.11. The van der Waals surface area contributed by atoms with E-state index in [4.69, 9.17) is 0 Å². The number of fused-ring (bicyclic) bond motifs is 1. The van der Waals surface area contributed by atoms with E-state index < -0.39 is 23.4 Å². The van der Waals surface area contributed by atoms with E-state index in [0.717, 1.165) is 37.1 Å². The monoisotopic (exact) mass is 414 g/mol. The number of hydrazine groups is 1. The van der Waals surface area contributed by atoms with Gasteiger partial charge in [0.05, 0.1) is 16.6 Å². The molecule has 1 unspecified atom stereocenters. The predicted molar refractivity (Wildman–Crippen MR) is 113 cm³/mol. The molecule has 0 spiro atoms. The van der Waals surface area contributed by atoms with Gasteiger partial charge in [-0.05, 0) is 33.3 Å². The van der Waals surface area contributed by atoms with Gasteiger partial charge < -0.3 is 5.32 Å². The van der Waals surface area contributed by atoms with Gasteiger partial charge in [0.1, 0.15) is 5.54 Å². The van der Waals surface area contributed by atoms with Crippen molar-refractivity contribution < 1.29 is 14.4 Å². The number of nitrogens with zero attached hydrogens (tertiary/aromatic N) is 4. The topological polar surface area (TPSA) is 109 Å². The summed E-state index contributed by atoms with van der Waals surface area (Å²) in [5.41, 5.74) is 3.68. The number of pyridine rings is 1. The van der Waals surface area contributed by atoms with E-state index in [1.165, 1.54) is 0 Å². The second-order valence-corrected chi connectivity index (χ2v) is 8.23. The fourth-order valence-corrected chi connectivity index (χ4v) is 3.95. The predicted octanol–water partition coefficient (Wildman–Crippen LogP) is 2.90. The number of urea groups is 1. The average Bonchev–Trinajstić information content (AvgIpc) is 3.08. The van der Waals surface area contributed by atoms with E-state index in [9.17, 15) is 14.4 Å². The molecule has 1 aliphatic heterocycles. The van der Waals surface area contributed by atoms with Crippen molar-refractivity contribution in [3.05, 3.63) is 23.0 Å². The van der Waals surface area contributed by atoms with Crippen LogP contribution >= 0.6 is 0 Å². The molecule has 9 nitrogen and oxygen atoms in total. The van der Waals surface area contributed by atoms with Gasteiger partial charge in [-0.15, -0.1) is 0 Å². The molecule has 0 aromatic carbocycles. The first kappa shape index (κ1) is 21.7. The fourth-order valence-electron chi connectivity index (χ4n) is 3.95. The largest absolute Gasteiger partial charge is 0.344 e. The minimum Gasteiger partial charge on any atom is -0.322 e. The lowest BCUT2D eigenvalue weighted by Gasteiger charge is -2.21. The van der Waals surface area contributed by atoms with Crippen LogP contribution in [-0.4, -0.2) is 43.2 Å². The van der Waals surface area contributed by atoms with Gasteiger partial charge in [0, 0.05) is 12.7 Å². The molecule has 0 saturated carbocycles. The number of carbonyl (C=O) groups is 3. The summed E-state index contributed by atoms with van der Waals surface area (Å²) < 4.78 is 1.61. The molecule has 1 saturated heterocycles. The zero-order chi connectivity index (χ0) is 22.1. The third kappa shape index (κ3) is 4.01. The summed E-state index contributed by atoms with van der Waals surface area (Å²) in [6, 6.07) is 1.02. The lowest BCUT2D eigenvalue weighted by molar-refractivity contribution is -0.132. The van der Waals surface area contributed by atoms with Crippen LogP contribution in [0.5, 0.6) is 0 Å². The Morgan fingerprint density at radius 1 is 1.20 bits per heavy atom. The zero-order valence-electron chi connectivity index (χ0n) is 18.3. The fraction of sp³-hybridized carbons (Fsp3) is 0.571. The lowest BCUT2D eigenvalue weighted by Crippen LogP contribution is -2.48. The second-order valence-electron chi connectivity index (χ2n) is 8.23. The molecule has 4 amide bonds. The molecule has 1 atom stereocenters. The maximum absolute atomic E-state index is 13.0. The summed E-state index contributed by atoms with van der Waals surface area (Å²) in [6.45, 7) is 7.42. The number of rotatable bonds is 8. The minimum atomic E-state index is -1.01. The molecule has 1 fully saturated rings. The van der Waals surface area contributed by atoms with Crippen molar-refractivity contribution in [2.75, 3.05) is 0 Å². The Morgan fingerprint density at radius 3 is 2.60 bits per heavy atom. The third-order valence-electron chi connectivity index (χ3n) is 5.60. The number of aromatic nitrogens is 3. The Bertz CT molecular complexity index is 998. The Hall–Kier alpha value is -2.97. The van der Waals surface area contributed by atoms with Crippen LogP contribution in [0.2, 0.25) is 0 Å². The number of hydrogen-bond acceptors (Lipinski definition) is 5. The van der Waals surface area contributed by atoms with Crippen LogP contribution in [0.15, 0.2) is 6.07 Å². The Labute approximate surface area is 176 Å². The van der Waals surface area contributed by atoms with Crippen LogP contribution in [0.1, 0.15) is 74.1 Å². The molecule has 2 N–H and O–H groups in total. The first-order chi connectivity index (χ1) is 14.2. The van der Waals surface area contributed by atoms with Crippen molar-refractivity contribution in [1.82, 2.24) is 30.5 Å². The molecule has 0 radical (unpaired) electrons. The minimum absolute atomic E-state index is 0.330. The molecule has 3 rings (SSSR count). The van der Waals surface area contributed by atoms with E-state index >= 15 is 0 Å². The van der Waals surface area contributed by atoms with E-state index in [1.807, 2.05) is 0 Å². The molecule has 9 heteroatoms. The van der Waals surface area contributed by atoms with Gasteiger partial charge in [-0.25, -0.2) is 9.78 Å². The van der Waals surface area contributed by atoms with Crippen LogP contribution in [0.25, 0.3) is 11.0 Å². The van der Waals surface area contributed by atoms with Crippen molar-refractivity contribution >= 4 is 28.9 Å². The number of imide groups is 1. The lowest BCUT2D eigenvalue weighted by atomic mass is 9.94. The SMILES string of the molecule is CCCCCCCC1(C)NC(=O)N(NC(=O)c2cc(C)nc3c2c(C)nn3C)C1=O. The van der Waals surface area contributed by atoms with Gasteiger partial charge >= 0.3 is 6.03 Å².